The lowest BCUT2D eigenvalue weighted by Crippen LogP contribution is -1.83. The maximum Gasteiger partial charge on any atom is 0.0168 e. The van der Waals surface area contributed by atoms with Crippen LogP contribution in [-0.4, -0.2) is 0 Å². The molecule has 0 bridgehead atoms. The number of aryl methyl sites for hydroxylation is 4. The molecule has 0 saturated carbocycles. The molecule has 2 heteroatoms. The van der Waals surface area contributed by atoms with Gasteiger partial charge in [-0.3, -0.25) is 0 Å². The van der Waals surface area contributed by atoms with Crippen molar-refractivity contribution in [3.63, 3.8) is 0 Å². The fraction of sp³-hybridized carbons (Fsp3) is 0.286. The molecule has 2 aromatic heterocycles. The summed E-state index contributed by atoms with van der Waals surface area (Å²) in [4.78, 5) is 0. The Balaban J connectivity index is 2.59. The highest BCUT2D eigenvalue weighted by molar-refractivity contribution is 7.39. The molecule has 0 nitrogen and oxygen atoms in total. The quantitative estimate of drug-likeness (QED) is 0.601. The zero-order valence-corrected chi connectivity index (χ0v) is 12.0. The number of hydrogen-bond acceptors (Lipinski definition) is 0. The smallest absolute Gasteiger partial charge is 0.0168 e. The van der Waals surface area contributed by atoms with Gasteiger partial charge in [-0.2, -0.15) is 0 Å². The second-order valence-corrected chi connectivity index (χ2v) is 6.28. The van der Waals surface area contributed by atoms with Crippen LogP contribution in [0.5, 0.6) is 0 Å². The van der Waals surface area contributed by atoms with Crippen LogP contribution in [0.3, 0.4) is 0 Å². The van der Waals surface area contributed by atoms with E-state index in [0.717, 1.165) is 0 Å². The molecule has 2 rings (SSSR count). The zero-order chi connectivity index (χ0) is 11.7. The summed E-state index contributed by atoms with van der Waals surface area (Å²) in [5, 5.41) is 2.98. The highest BCUT2D eigenvalue weighted by atomic mass is 31.0. The van der Waals surface area contributed by atoms with E-state index in [9.17, 15) is 0 Å². The van der Waals surface area contributed by atoms with Crippen LogP contribution in [0.4, 0.5) is 0 Å². The molecule has 0 aliphatic carbocycles. The Morgan fingerprint density at radius 1 is 0.688 bits per heavy atom. The monoisotopic (exact) mass is 246 g/mol. The van der Waals surface area contributed by atoms with E-state index >= 15 is 0 Å². The lowest BCUT2D eigenvalue weighted by Gasteiger charge is -2.09. The van der Waals surface area contributed by atoms with Crippen molar-refractivity contribution in [2.45, 2.75) is 27.7 Å². The predicted molar refractivity (Wildman–Crippen MR) is 75.9 cm³/mol. The predicted octanol–water partition coefficient (Wildman–Crippen LogP) is 5.75. The first-order chi connectivity index (χ1) is 7.58. The van der Waals surface area contributed by atoms with Crippen LogP contribution in [0.15, 0.2) is 23.7 Å². The summed E-state index contributed by atoms with van der Waals surface area (Å²) in [6.45, 7) is 8.78. The van der Waals surface area contributed by atoms with Gasteiger partial charge in [-0.25, -0.2) is 0 Å². The van der Waals surface area contributed by atoms with Crippen LogP contribution in [-0.2, 0) is 0 Å². The van der Waals surface area contributed by atoms with Gasteiger partial charge in [0.05, 0.1) is 0 Å². The minimum absolute atomic E-state index is 1.35. The fourth-order valence-electron chi connectivity index (χ4n) is 1.93. The first-order valence-corrected chi connectivity index (χ1v) is 7.37. The Morgan fingerprint density at radius 3 is 1.38 bits per heavy atom. The molecule has 0 aliphatic heterocycles. The highest BCUT2D eigenvalue weighted by Crippen LogP contribution is 2.39. The van der Waals surface area contributed by atoms with Crippen LogP contribution in [0.2, 0.25) is 0 Å². The van der Waals surface area contributed by atoms with Crippen LogP contribution in [0.1, 0.15) is 22.3 Å². The second kappa shape index (κ2) is 4.66. The zero-order valence-electron chi connectivity index (χ0n) is 10.2. The summed E-state index contributed by atoms with van der Waals surface area (Å²) in [5.74, 6) is 4.59. The van der Waals surface area contributed by atoms with Gasteiger partial charge < -0.3 is 0 Å². The van der Waals surface area contributed by atoms with E-state index in [1.807, 2.05) is 0 Å². The molecule has 0 N–H and O–H groups in total. The van der Waals surface area contributed by atoms with Crippen molar-refractivity contribution < 1.29 is 0 Å². The van der Waals surface area contributed by atoms with Gasteiger partial charge in [-0.1, -0.05) is 28.5 Å². The summed E-state index contributed by atoms with van der Waals surface area (Å²) < 4.78 is 0. The summed E-state index contributed by atoms with van der Waals surface area (Å²) in [6, 6.07) is 4.57. The average Bonchev–Trinajstić information content (AvgIpc) is 2.19. The van der Waals surface area contributed by atoms with E-state index in [4.69, 9.17) is 0 Å². The number of hydrogen-bond donors (Lipinski definition) is 0. The van der Waals surface area contributed by atoms with E-state index in [-0.39, 0.29) is 0 Å². The lowest BCUT2D eigenvalue weighted by atomic mass is 10.1. The van der Waals surface area contributed by atoms with Gasteiger partial charge in [-0.05, 0) is 61.5 Å². The largest absolute Gasteiger partial charge is 0.0669 e. The molecule has 0 amide bonds. The normalized spacial score (nSPS) is 11.5. The Hall–Kier alpha value is -0.700. The van der Waals surface area contributed by atoms with Crippen molar-refractivity contribution in [3.8, 4) is 10.6 Å². The molecule has 2 aromatic rings. The topological polar surface area (TPSA) is 0 Å². The maximum atomic E-state index is 2.29. The first-order valence-electron chi connectivity index (χ1n) is 5.45. The van der Waals surface area contributed by atoms with E-state index in [2.05, 4.69) is 51.4 Å². The van der Waals surface area contributed by atoms with Crippen molar-refractivity contribution >= 4 is 16.4 Å². The molecule has 0 saturated heterocycles. The second-order valence-electron chi connectivity index (χ2n) is 4.36. The minimum atomic E-state index is 1.35. The third-order valence-corrected chi connectivity index (χ3v) is 5.57. The van der Waals surface area contributed by atoms with Gasteiger partial charge in [-0.15, -0.1) is 0 Å². The lowest BCUT2D eigenvalue weighted by molar-refractivity contribution is 1.41. The van der Waals surface area contributed by atoms with E-state index < -0.39 is 0 Å². The van der Waals surface area contributed by atoms with Gasteiger partial charge in [0.25, 0.3) is 0 Å². The average molecular weight is 246 g/mol. The summed E-state index contributed by atoms with van der Waals surface area (Å²) in [6.07, 6.45) is 0. The first kappa shape index (κ1) is 11.8. The van der Waals surface area contributed by atoms with Crippen LogP contribution in [0.25, 0.3) is 10.6 Å². The summed E-state index contributed by atoms with van der Waals surface area (Å²) >= 11 is 0. The molecule has 0 aromatic carbocycles. The maximum absolute atomic E-state index is 2.29. The third-order valence-electron chi connectivity index (χ3n) is 2.65. The molecule has 82 valence electrons. The van der Waals surface area contributed by atoms with Gasteiger partial charge in [0.1, 0.15) is 0 Å². The molecule has 0 aliphatic rings. The minimum Gasteiger partial charge on any atom is -0.0669 e. The third kappa shape index (κ3) is 2.34. The van der Waals surface area contributed by atoms with Gasteiger partial charge in [0.15, 0.2) is 0 Å². The summed E-state index contributed by atoms with van der Waals surface area (Å²) in [7, 11) is 2.70. The SMILES string of the molecule is Cc1cpc(-c2pcc(C)cc2C)c(C)c1. The van der Waals surface area contributed by atoms with Crippen molar-refractivity contribution in [1.29, 1.82) is 0 Å². The van der Waals surface area contributed by atoms with Crippen LogP contribution < -0.4 is 0 Å². The Kier molecular flexibility index (Phi) is 3.43. The van der Waals surface area contributed by atoms with Crippen molar-refractivity contribution in [2.24, 2.45) is 0 Å². The van der Waals surface area contributed by atoms with Crippen molar-refractivity contribution in [2.75, 3.05) is 0 Å². The Bertz CT molecular complexity index is 481. The molecule has 2 heterocycles. The van der Waals surface area contributed by atoms with Gasteiger partial charge in [0.2, 0.25) is 0 Å². The van der Waals surface area contributed by atoms with Crippen molar-refractivity contribution in [1.82, 2.24) is 0 Å². The molecule has 0 unspecified atom stereocenters. The standard InChI is InChI=1S/C14H16P2/c1-9-5-11(3)13(15-7-9)14-12(4)6-10(2)8-16-14/h5-8H,1-4H3. The van der Waals surface area contributed by atoms with Crippen molar-refractivity contribution in [3.05, 3.63) is 46.0 Å². The van der Waals surface area contributed by atoms with Crippen LogP contribution >= 0.6 is 16.4 Å². The molecular formula is C14H16P2. The molecule has 0 atom stereocenters. The van der Waals surface area contributed by atoms with Gasteiger partial charge in [0, 0.05) is 10.6 Å². The van der Waals surface area contributed by atoms with E-state index in [1.165, 1.54) is 49.2 Å². The molecule has 0 fully saturated rings. The molecule has 0 spiro atoms. The summed E-state index contributed by atoms with van der Waals surface area (Å²) in [5.41, 5.74) is 5.60. The van der Waals surface area contributed by atoms with Gasteiger partial charge >= 0.3 is 0 Å². The molecule has 0 radical (unpaired) electrons. The fourth-order valence-corrected chi connectivity index (χ4v) is 4.22. The van der Waals surface area contributed by atoms with E-state index in [0.29, 0.717) is 0 Å². The number of rotatable bonds is 1. The Labute approximate surface area is 101 Å². The Morgan fingerprint density at radius 2 is 1.06 bits per heavy atom. The highest BCUT2D eigenvalue weighted by Gasteiger charge is 2.06. The molecule has 16 heavy (non-hydrogen) atoms. The van der Waals surface area contributed by atoms with Crippen LogP contribution in [0, 0.1) is 27.7 Å². The molecular weight excluding hydrogens is 230 g/mol. The van der Waals surface area contributed by atoms with E-state index in [1.54, 1.807) is 0 Å².